The van der Waals surface area contributed by atoms with Gasteiger partial charge in [0.1, 0.15) is 11.6 Å². The van der Waals surface area contributed by atoms with E-state index in [1.807, 2.05) is 0 Å². The third-order valence-corrected chi connectivity index (χ3v) is 4.07. The Bertz CT molecular complexity index is 553. The zero-order valence-electron chi connectivity index (χ0n) is 12.5. The predicted molar refractivity (Wildman–Crippen MR) is 78.4 cm³/mol. The van der Waals surface area contributed by atoms with Gasteiger partial charge in [-0.15, -0.1) is 0 Å². The van der Waals surface area contributed by atoms with Gasteiger partial charge >= 0.3 is 5.97 Å². The van der Waals surface area contributed by atoms with Crippen LogP contribution in [0.4, 0.5) is 4.39 Å². The lowest BCUT2D eigenvalue weighted by atomic mass is 9.92. The fraction of sp³-hybridized carbons (Fsp3) is 0.500. The number of piperidine rings is 1. The molecule has 1 saturated heterocycles. The van der Waals surface area contributed by atoms with E-state index in [9.17, 15) is 14.0 Å². The Morgan fingerprint density at radius 3 is 2.59 bits per heavy atom. The molecule has 1 aromatic carbocycles. The van der Waals surface area contributed by atoms with Gasteiger partial charge < -0.3 is 14.7 Å². The zero-order valence-corrected chi connectivity index (χ0v) is 12.5. The second-order valence-corrected chi connectivity index (χ2v) is 5.51. The van der Waals surface area contributed by atoms with Crippen molar-refractivity contribution in [2.75, 3.05) is 20.2 Å². The summed E-state index contributed by atoms with van der Waals surface area (Å²) in [7, 11) is 1.44. The van der Waals surface area contributed by atoms with Crippen LogP contribution in [0.25, 0.3) is 0 Å². The van der Waals surface area contributed by atoms with Crippen molar-refractivity contribution in [3.63, 3.8) is 0 Å². The van der Waals surface area contributed by atoms with Gasteiger partial charge in [0.05, 0.1) is 12.7 Å². The zero-order chi connectivity index (χ0) is 16.1. The molecule has 0 aromatic heterocycles. The average molecular weight is 309 g/mol. The number of benzene rings is 1. The average Bonchev–Trinajstić information content (AvgIpc) is 2.52. The monoisotopic (exact) mass is 309 g/mol. The molecule has 1 aliphatic rings. The maximum atomic E-state index is 13.9. The summed E-state index contributed by atoms with van der Waals surface area (Å²) < 4.78 is 18.9. The minimum absolute atomic E-state index is 0.0461. The molecular weight excluding hydrogens is 289 g/mol. The topological polar surface area (TPSA) is 66.8 Å². The maximum absolute atomic E-state index is 13.9. The molecule has 1 aromatic rings. The van der Waals surface area contributed by atoms with Gasteiger partial charge in [-0.2, -0.15) is 0 Å². The summed E-state index contributed by atoms with van der Waals surface area (Å²) in [6, 6.07) is 4.20. The van der Waals surface area contributed by atoms with E-state index in [4.69, 9.17) is 9.84 Å². The second kappa shape index (κ2) is 7.24. The Morgan fingerprint density at radius 1 is 1.36 bits per heavy atom. The minimum atomic E-state index is -0.793. The number of ether oxygens (including phenoxy) is 1. The first-order valence-corrected chi connectivity index (χ1v) is 7.36. The Labute approximate surface area is 128 Å². The molecule has 120 valence electrons. The Morgan fingerprint density at radius 2 is 2.05 bits per heavy atom. The van der Waals surface area contributed by atoms with Crippen molar-refractivity contribution in [3.05, 3.63) is 29.6 Å². The largest absolute Gasteiger partial charge is 0.497 e. The summed E-state index contributed by atoms with van der Waals surface area (Å²) >= 11 is 0. The van der Waals surface area contributed by atoms with Crippen LogP contribution in [0, 0.1) is 11.7 Å². The number of carbonyl (C=O) groups is 2. The fourth-order valence-corrected chi connectivity index (χ4v) is 2.72. The van der Waals surface area contributed by atoms with Crippen molar-refractivity contribution < 1.29 is 23.8 Å². The molecule has 1 amide bonds. The van der Waals surface area contributed by atoms with E-state index in [-0.39, 0.29) is 17.9 Å². The number of methoxy groups -OCH3 is 1. The van der Waals surface area contributed by atoms with E-state index in [2.05, 4.69) is 0 Å². The number of likely N-dealkylation sites (tertiary alicyclic amines) is 1. The molecule has 0 bridgehead atoms. The third-order valence-electron chi connectivity index (χ3n) is 4.07. The van der Waals surface area contributed by atoms with Gasteiger partial charge in [0.15, 0.2) is 0 Å². The first-order valence-electron chi connectivity index (χ1n) is 7.36. The number of carboxylic acids is 1. The summed E-state index contributed by atoms with van der Waals surface area (Å²) in [5.41, 5.74) is 0.0461. The lowest BCUT2D eigenvalue weighted by Gasteiger charge is -2.32. The molecule has 0 spiro atoms. The van der Waals surface area contributed by atoms with Gasteiger partial charge in [0, 0.05) is 25.6 Å². The number of aliphatic carboxylic acids is 1. The molecule has 1 fully saturated rings. The predicted octanol–water partition coefficient (Wildman–Crippen LogP) is 2.55. The first-order chi connectivity index (χ1) is 10.5. The van der Waals surface area contributed by atoms with E-state index < -0.39 is 11.8 Å². The highest BCUT2D eigenvalue weighted by atomic mass is 19.1. The molecular formula is C16H20FNO4. The molecule has 0 unspecified atom stereocenters. The van der Waals surface area contributed by atoms with Crippen LogP contribution < -0.4 is 4.74 Å². The van der Waals surface area contributed by atoms with Crippen LogP contribution in [0.2, 0.25) is 0 Å². The maximum Gasteiger partial charge on any atom is 0.303 e. The standard InChI is InChI=1S/C16H20FNO4/c1-22-12-3-4-13(14(17)10-12)16(21)18-8-6-11(7-9-18)2-5-15(19)20/h3-4,10-11H,2,5-9H2,1H3,(H,19,20). The van der Waals surface area contributed by atoms with Crippen LogP contribution in [0.3, 0.4) is 0 Å². The molecule has 1 aliphatic heterocycles. The van der Waals surface area contributed by atoms with Crippen molar-refractivity contribution >= 4 is 11.9 Å². The first kappa shape index (κ1) is 16.3. The smallest absolute Gasteiger partial charge is 0.303 e. The summed E-state index contributed by atoms with van der Waals surface area (Å²) in [5, 5.41) is 8.69. The number of halogens is 1. The highest BCUT2D eigenvalue weighted by molar-refractivity contribution is 5.94. The molecule has 6 heteroatoms. The lowest BCUT2D eigenvalue weighted by Crippen LogP contribution is -2.38. The Kier molecular flexibility index (Phi) is 5.35. The van der Waals surface area contributed by atoms with Gasteiger partial charge in [-0.3, -0.25) is 9.59 Å². The molecule has 0 aliphatic carbocycles. The molecule has 0 radical (unpaired) electrons. The molecule has 0 atom stereocenters. The van der Waals surface area contributed by atoms with Crippen LogP contribution >= 0.6 is 0 Å². The van der Waals surface area contributed by atoms with Gasteiger partial charge in [0.25, 0.3) is 5.91 Å². The van der Waals surface area contributed by atoms with Gasteiger partial charge in [-0.1, -0.05) is 0 Å². The van der Waals surface area contributed by atoms with Gasteiger partial charge in [-0.05, 0) is 37.3 Å². The SMILES string of the molecule is COc1ccc(C(=O)N2CCC(CCC(=O)O)CC2)c(F)c1. The highest BCUT2D eigenvalue weighted by Crippen LogP contribution is 2.24. The van der Waals surface area contributed by atoms with Crippen LogP contribution in [0.5, 0.6) is 5.75 Å². The quantitative estimate of drug-likeness (QED) is 0.907. The number of hydrogen-bond acceptors (Lipinski definition) is 3. The normalized spacial score (nSPS) is 15.6. The summed E-state index contributed by atoms with van der Waals surface area (Å²) in [6.07, 6.45) is 2.31. The van der Waals surface area contributed by atoms with Crippen molar-refractivity contribution in [1.29, 1.82) is 0 Å². The van der Waals surface area contributed by atoms with E-state index in [0.717, 1.165) is 12.8 Å². The number of rotatable bonds is 5. The van der Waals surface area contributed by atoms with Crippen LogP contribution in [0.1, 0.15) is 36.0 Å². The Balaban J connectivity index is 1.93. The fourth-order valence-electron chi connectivity index (χ4n) is 2.72. The van der Waals surface area contributed by atoms with E-state index in [0.29, 0.717) is 31.2 Å². The summed E-state index contributed by atoms with van der Waals surface area (Å²) in [5.74, 6) is -1.00. The third kappa shape index (κ3) is 3.96. The van der Waals surface area contributed by atoms with Crippen molar-refractivity contribution in [3.8, 4) is 5.75 Å². The number of carboxylic acid groups (broad SMARTS) is 1. The number of amides is 1. The Hall–Kier alpha value is -2.11. The summed E-state index contributed by atoms with van der Waals surface area (Å²) in [4.78, 5) is 24.5. The molecule has 5 nitrogen and oxygen atoms in total. The van der Waals surface area contributed by atoms with Crippen molar-refractivity contribution in [1.82, 2.24) is 4.90 Å². The molecule has 22 heavy (non-hydrogen) atoms. The van der Waals surface area contributed by atoms with Crippen LogP contribution in [-0.2, 0) is 4.79 Å². The number of hydrogen-bond donors (Lipinski definition) is 1. The van der Waals surface area contributed by atoms with E-state index in [1.165, 1.54) is 19.2 Å². The lowest BCUT2D eigenvalue weighted by molar-refractivity contribution is -0.137. The molecule has 2 rings (SSSR count). The van der Waals surface area contributed by atoms with Crippen LogP contribution in [-0.4, -0.2) is 42.1 Å². The van der Waals surface area contributed by atoms with Crippen molar-refractivity contribution in [2.24, 2.45) is 5.92 Å². The summed E-state index contributed by atoms with van der Waals surface area (Å²) in [6.45, 7) is 1.07. The van der Waals surface area contributed by atoms with Gasteiger partial charge in [0.2, 0.25) is 0 Å². The van der Waals surface area contributed by atoms with Gasteiger partial charge in [-0.25, -0.2) is 4.39 Å². The number of carbonyl (C=O) groups excluding carboxylic acids is 1. The molecule has 1 N–H and O–H groups in total. The molecule has 1 heterocycles. The highest BCUT2D eigenvalue weighted by Gasteiger charge is 2.25. The van der Waals surface area contributed by atoms with E-state index in [1.54, 1.807) is 11.0 Å². The van der Waals surface area contributed by atoms with Crippen LogP contribution in [0.15, 0.2) is 18.2 Å². The van der Waals surface area contributed by atoms with Crippen molar-refractivity contribution in [2.45, 2.75) is 25.7 Å². The second-order valence-electron chi connectivity index (χ2n) is 5.51. The van der Waals surface area contributed by atoms with E-state index >= 15 is 0 Å². The number of nitrogens with zero attached hydrogens (tertiary/aromatic N) is 1. The molecule has 0 saturated carbocycles. The minimum Gasteiger partial charge on any atom is -0.497 e.